The second-order valence-electron chi connectivity index (χ2n) is 9.30. The van der Waals surface area contributed by atoms with E-state index in [4.69, 9.17) is 4.74 Å². The fourth-order valence-electron chi connectivity index (χ4n) is 4.96. The Morgan fingerprint density at radius 1 is 1.11 bits per heavy atom. The maximum atomic E-state index is 13.1. The second kappa shape index (κ2) is 10.2. The van der Waals surface area contributed by atoms with Gasteiger partial charge in [-0.2, -0.15) is 4.98 Å². The number of carbonyl (C=O) groups is 2. The molecule has 0 unspecified atom stereocenters. The van der Waals surface area contributed by atoms with Gasteiger partial charge >= 0.3 is 0 Å². The lowest BCUT2D eigenvalue weighted by Gasteiger charge is -2.33. The normalized spacial score (nSPS) is 17.8. The van der Waals surface area contributed by atoms with Crippen molar-refractivity contribution in [2.75, 3.05) is 35.7 Å². The molecule has 0 aliphatic carbocycles. The summed E-state index contributed by atoms with van der Waals surface area (Å²) in [7, 11) is 1.54. The number of aromatic amines is 1. The Hall–Kier alpha value is -4.14. The maximum Gasteiger partial charge on any atom is 0.258 e. The number of rotatable bonds is 6. The van der Waals surface area contributed by atoms with Crippen LogP contribution in [0, 0.1) is 5.92 Å². The maximum absolute atomic E-state index is 13.1. The number of anilines is 3. The molecule has 1 aromatic heterocycles. The highest BCUT2D eigenvalue weighted by molar-refractivity contribution is 6.04. The Morgan fingerprint density at radius 2 is 1.89 bits per heavy atom. The number of amides is 2. The fraction of sp³-hybridized carbons (Fsp3) is 0.333. The number of nitrogens with one attached hydrogen (secondary N) is 3. The molecule has 186 valence electrons. The molecule has 0 radical (unpaired) electrons. The molecule has 2 aliphatic rings. The van der Waals surface area contributed by atoms with Gasteiger partial charge in [-0.15, -0.1) is 0 Å². The summed E-state index contributed by atoms with van der Waals surface area (Å²) in [6, 6.07) is 17.4. The summed E-state index contributed by atoms with van der Waals surface area (Å²) in [4.78, 5) is 48.1. The summed E-state index contributed by atoms with van der Waals surface area (Å²) >= 11 is 0. The first-order valence-electron chi connectivity index (χ1n) is 12.2. The van der Waals surface area contributed by atoms with E-state index in [1.807, 2.05) is 11.0 Å². The van der Waals surface area contributed by atoms with Crippen molar-refractivity contribution in [2.24, 2.45) is 5.92 Å². The third kappa shape index (κ3) is 5.10. The van der Waals surface area contributed by atoms with Crippen LogP contribution >= 0.6 is 0 Å². The Balaban J connectivity index is 1.31. The van der Waals surface area contributed by atoms with Gasteiger partial charge in [-0.25, -0.2) is 0 Å². The summed E-state index contributed by atoms with van der Waals surface area (Å²) in [5, 5.41) is 5.48. The minimum Gasteiger partial charge on any atom is -0.497 e. The Labute approximate surface area is 208 Å². The van der Waals surface area contributed by atoms with Crippen molar-refractivity contribution in [2.45, 2.75) is 31.6 Å². The number of nitrogens with zero attached hydrogens (tertiary/aromatic N) is 2. The van der Waals surface area contributed by atoms with E-state index < -0.39 is 17.4 Å². The van der Waals surface area contributed by atoms with Gasteiger partial charge in [-0.3, -0.25) is 19.4 Å². The molecule has 9 heteroatoms. The third-order valence-electron chi connectivity index (χ3n) is 6.87. The lowest BCUT2D eigenvalue weighted by atomic mass is 9.90. The van der Waals surface area contributed by atoms with E-state index in [1.165, 1.54) is 12.7 Å². The van der Waals surface area contributed by atoms with Crippen molar-refractivity contribution in [3.63, 3.8) is 0 Å². The Bertz CT molecular complexity index is 1320. The smallest absolute Gasteiger partial charge is 0.258 e. The van der Waals surface area contributed by atoms with Crippen LogP contribution in [0.15, 0.2) is 59.4 Å². The highest BCUT2D eigenvalue weighted by Gasteiger charge is 2.35. The number of hydrogen-bond donors (Lipinski definition) is 3. The molecule has 3 N–H and O–H groups in total. The number of H-pyrrole nitrogens is 1. The van der Waals surface area contributed by atoms with Gasteiger partial charge in [0.2, 0.25) is 17.8 Å². The van der Waals surface area contributed by atoms with Crippen LogP contribution in [0.1, 0.15) is 36.3 Å². The number of piperidine rings is 1. The zero-order chi connectivity index (χ0) is 25.1. The number of carbonyl (C=O) groups excluding carboxylic acids is 2. The average Bonchev–Trinajstić information content (AvgIpc) is 2.89. The van der Waals surface area contributed by atoms with Gasteiger partial charge < -0.3 is 20.3 Å². The van der Waals surface area contributed by atoms with E-state index in [0.717, 1.165) is 32.4 Å². The van der Waals surface area contributed by atoms with Crippen LogP contribution in [-0.2, 0) is 16.0 Å². The SMILES string of the molecule is COc1cccc(NC(=O)[C@H]2CC(=O)Nc3nc(N4CCC(Cc5ccccc5)CC4)[nH]c(=O)c32)c1. The Morgan fingerprint density at radius 3 is 2.64 bits per heavy atom. The van der Waals surface area contributed by atoms with Crippen LogP contribution in [0.3, 0.4) is 0 Å². The number of hydrogen-bond acceptors (Lipinski definition) is 6. The molecular weight excluding hydrogens is 458 g/mol. The van der Waals surface area contributed by atoms with E-state index in [9.17, 15) is 14.4 Å². The monoisotopic (exact) mass is 487 g/mol. The van der Waals surface area contributed by atoms with Crippen molar-refractivity contribution in [1.82, 2.24) is 9.97 Å². The van der Waals surface area contributed by atoms with E-state index in [0.29, 0.717) is 23.3 Å². The topological polar surface area (TPSA) is 116 Å². The first-order valence-corrected chi connectivity index (χ1v) is 12.2. The average molecular weight is 488 g/mol. The number of methoxy groups -OCH3 is 1. The van der Waals surface area contributed by atoms with Gasteiger partial charge in [0, 0.05) is 31.3 Å². The predicted molar refractivity (Wildman–Crippen MR) is 138 cm³/mol. The highest BCUT2D eigenvalue weighted by Crippen LogP contribution is 2.31. The molecule has 0 saturated carbocycles. The fourth-order valence-corrected chi connectivity index (χ4v) is 4.96. The zero-order valence-corrected chi connectivity index (χ0v) is 20.1. The van der Waals surface area contributed by atoms with Crippen LogP contribution in [0.4, 0.5) is 17.5 Å². The molecule has 5 rings (SSSR count). The zero-order valence-electron chi connectivity index (χ0n) is 20.1. The van der Waals surface area contributed by atoms with Gasteiger partial charge in [0.1, 0.15) is 11.6 Å². The first kappa shape index (κ1) is 23.6. The van der Waals surface area contributed by atoms with E-state index in [2.05, 4.69) is 44.9 Å². The molecule has 2 aliphatic heterocycles. The predicted octanol–water partition coefficient (Wildman–Crippen LogP) is 3.30. The minimum atomic E-state index is -0.943. The number of aromatic nitrogens is 2. The minimum absolute atomic E-state index is 0.127. The molecule has 3 heterocycles. The molecule has 2 amide bonds. The third-order valence-corrected chi connectivity index (χ3v) is 6.87. The summed E-state index contributed by atoms with van der Waals surface area (Å²) < 4.78 is 5.20. The van der Waals surface area contributed by atoms with Gasteiger partial charge in [-0.05, 0) is 42.9 Å². The van der Waals surface area contributed by atoms with Gasteiger partial charge in [-0.1, -0.05) is 36.4 Å². The molecule has 0 spiro atoms. The van der Waals surface area contributed by atoms with Crippen molar-refractivity contribution in [3.05, 3.63) is 76.1 Å². The molecule has 2 aromatic carbocycles. The quantitative estimate of drug-likeness (QED) is 0.491. The molecular formula is C27H29N5O4. The van der Waals surface area contributed by atoms with Crippen LogP contribution in [0.5, 0.6) is 5.75 Å². The molecule has 36 heavy (non-hydrogen) atoms. The van der Waals surface area contributed by atoms with Crippen LogP contribution in [-0.4, -0.2) is 42.0 Å². The summed E-state index contributed by atoms with van der Waals surface area (Å²) in [5.74, 6) is -0.00108. The molecule has 3 aromatic rings. The van der Waals surface area contributed by atoms with E-state index >= 15 is 0 Å². The molecule has 0 bridgehead atoms. The lowest BCUT2D eigenvalue weighted by molar-refractivity contribution is -0.123. The second-order valence-corrected chi connectivity index (χ2v) is 9.30. The van der Waals surface area contributed by atoms with Crippen molar-refractivity contribution in [3.8, 4) is 5.75 Å². The van der Waals surface area contributed by atoms with Gasteiger partial charge in [0.15, 0.2) is 0 Å². The number of benzene rings is 2. The van der Waals surface area contributed by atoms with Crippen LogP contribution < -0.4 is 25.8 Å². The standard InChI is InChI=1S/C27H29N5O4/c1-36-20-9-5-8-19(15-20)28-25(34)21-16-22(33)29-24-23(21)26(35)31-27(30-24)32-12-10-18(11-13-32)14-17-6-3-2-4-7-17/h2-9,15,18,21H,10-14,16H2,1H3,(H,28,34)(H2,29,30,31,33,35)/t21-/m0/s1. The van der Waals surface area contributed by atoms with Gasteiger partial charge in [0.25, 0.3) is 5.56 Å². The van der Waals surface area contributed by atoms with Crippen molar-refractivity contribution in [1.29, 1.82) is 0 Å². The van der Waals surface area contributed by atoms with Crippen molar-refractivity contribution >= 4 is 29.3 Å². The molecule has 9 nitrogen and oxygen atoms in total. The number of ether oxygens (including phenoxy) is 1. The van der Waals surface area contributed by atoms with Crippen LogP contribution in [0.2, 0.25) is 0 Å². The molecule has 1 saturated heterocycles. The highest BCUT2D eigenvalue weighted by atomic mass is 16.5. The molecule has 1 fully saturated rings. The van der Waals surface area contributed by atoms with Crippen molar-refractivity contribution < 1.29 is 14.3 Å². The van der Waals surface area contributed by atoms with E-state index in [1.54, 1.807) is 24.3 Å². The summed E-state index contributed by atoms with van der Waals surface area (Å²) in [5.41, 5.74) is 1.62. The summed E-state index contributed by atoms with van der Waals surface area (Å²) in [6.45, 7) is 1.51. The Kier molecular flexibility index (Phi) is 6.71. The van der Waals surface area contributed by atoms with Crippen LogP contribution in [0.25, 0.3) is 0 Å². The summed E-state index contributed by atoms with van der Waals surface area (Å²) in [6.07, 6.45) is 2.86. The van der Waals surface area contributed by atoms with E-state index in [-0.39, 0.29) is 23.7 Å². The van der Waals surface area contributed by atoms with Gasteiger partial charge in [0.05, 0.1) is 18.6 Å². The molecule has 1 atom stereocenters. The largest absolute Gasteiger partial charge is 0.497 e. The first-order chi connectivity index (χ1) is 17.5. The number of fused-ring (bicyclic) bond motifs is 1. The lowest BCUT2D eigenvalue weighted by Crippen LogP contribution is -2.40.